The van der Waals surface area contributed by atoms with E-state index in [0.29, 0.717) is 5.03 Å². The summed E-state index contributed by atoms with van der Waals surface area (Å²) in [4.78, 5) is 21.0. The number of nitrogens with zero attached hydrogens (tertiary/aromatic N) is 3. The van der Waals surface area contributed by atoms with Gasteiger partial charge in [-0.15, -0.1) is 0 Å². The van der Waals surface area contributed by atoms with E-state index in [1.54, 1.807) is 12.4 Å². The molecule has 1 unspecified atom stereocenters. The summed E-state index contributed by atoms with van der Waals surface area (Å²) in [6.07, 6.45) is 5.70. The highest BCUT2D eigenvalue weighted by Crippen LogP contribution is 2.19. The Kier molecular flexibility index (Phi) is 4.98. The fourth-order valence-electron chi connectivity index (χ4n) is 1.91. The van der Waals surface area contributed by atoms with Crippen LogP contribution in [0.2, 0.25) is 0 Å². The maximum Gasteiger partial charge on any atom is 0.313 e. The Morgan fingerprint density at radius 1 is 1.63 bits per heavy atom. The van der Waals surface area contributed by atoms with Crippen LogP contribution in [0.5, 0.6) is 0 Å². The molecule has 1 aliphatic heterocycles. The monoisotopic (exact) mass is 283 g/mol. The van der Waals surface area contributed by atoms with Crippen molar-refractivity contribution in [1.29, 1.82) is 0 Å². The average molecular weight is 283 g/mol. The van der Waals surface area contributed by atoms with E-state index in [4.69, 9.17) is 9.84 Å². The minimum Gasteiger partial charge on any atom is -0.481 e. The molecular weight excluding hydrogens is 266 g/mol. The zero-order chi connectivity index (χ0) is 13.7. The number of likely N-dealkylation sites (N-methyl/N-ethyl adjacent to an activating group) is 1. The smallest absolute Gasteiger partial charge is 0.313 e. The van der Waals surface area contributed by atoms with Gasteiger partial charge in [0.25, 0.3) is 0 Å². The lowest BCUT2D eigenvalue weighted by atomic mass is 10.2. The van der Waals surface area contributed by atoms with Crippen LogP contribution in [0.25, 0.3) is 0 Å². The highest BCUT2D eigenvalue weighted by Gasteiger charge is 2.18. The number of aliphatic carboxylic acids is 1. The summed E-state index contributed by atoms with van der Waals surface area (Å²) in [5.41, 5.74) is 0. The van der Waals surface area contributed by atoms with Crippen molar-refractivity contribution in [3.05, 3.63) is 12.4 Å². The standard InChI is InChI=1S/C12H17N3O3S/c1-15(7-9-3-2-4-18-9)10-5-13-6-11(14-10)19-8-12(16)17/h5-6,9H,2-4,7-8H2,1H3,(H,16,17). The third kappa shape index (κ3) is 4.36. The van der Waals surface area contributed by atoms with E-state index in [2.05, 4.69) is 9.97 Å². The molecule has 2 rings (SSSR count). The number of carboxylic acid groups (broad SMARTS) is 1. The molecule has 1 atom stereocenters. The molecular formula is C12H17N3O3S. The second-order valence-corrected chi connectivity index (χ2v) is 5.41. The highest BCUT2D eigenvalue weighted by atomic mass is 32.2. The minimum atomic E-state index is -0.857. The van der Waals surface area contributed by atoms with Crippen molar-refractivity contribution < 1.29 is 14.6 Å². The van der Waals surface area contributed by atoms with Crippen LogP contribution >= 0.6 is 11.8 Å². The van der Waals surface area contributed by atoms with Crippen molar-refractivity contribution in [3.8, 4) is 0 Å². The second kappa shape index (κ2) is 6.72. The molecule has 1 fully saturated rings. The van der Waals surface area contributed by atoms with Gasteiger partial charge in [0.1, 0.15) is 10.8 Å². The van der Waals surface area contributed by atoms with E-state index in [-0.39, 0.29) is 11.9 Å². The van der Waals surface area contributed by atoms with Gasteiger partial charge in [-0.05, 0) is 12.8 Å². The van der Waals surface area contributed by atoms with Crippen LogP contribution in [0.4, 0.5) is 5.82 Å². The average Bonchev–Trinajstić information content (AvgIpc) is 2.89. The predicted octanol–water partition coefficient (Wildman–Crippen LogP) is 1.27. The first kappa shape index (κ1) is 14.1. The second-order valence-electron chi connectivity index (χ2n) is 4.41. The van der Waals surface area contributed by atoms with Gasteiger partial charge in [0.2, 0.25) is 0 Å². The Hall–Kier alpha value is -1.34. The van der Waals surface area contributed by atoms with E-state index in [1.807, 2.05) is 11.9 Å². The number of hydrogen-bond acceptors (Lipinski definition) is 6. The van der Waals surface area contributed by atoms with Crippen LogP contribution in [-0.2, 0) is 9.53 Å². The van der Waals surface area contributed by atoms with Gasteiger partial charge in [0, 0.05) is 20.2 Å². The van der Waals surface area contributed by atoms with Gasteiger partial charge in [-0.25, -0.2) is 4.98 Å². The van der Waals surface area contributed by atoms with E-state index < -0.39 is 5.97 Å². The Morgan fingerprint density at radius 3 is 3.16 bits per heavy atom. The van der Waals surface area contributed by atoms with Gasteiger partial charge >= 0.3 is 5.97 Å². The first-order valence-corrected chi connectivity index (χ1v) is 7.13. The first-order chi connectivity index (χ1) is 9.15. The lowest BCUT2D eigenvalue weighted by Crippen LogP contribution is -2.29. The molecule has 0 bridgehead atoms. The summed E-state index contributed by atoms with van der Waals surface area (Å²) in [6, 6.07) is 0. The number of hydrogen-bond donors (Lipinski definition) is 1. The summed E-state index contributed by atoms with van der Waals surface area (Å²) in [5.74, 6) is -0.121. The zero-order valence-corrected chi connectivity index (χ0v) is 11.6. The number of ether oxygens (including phenoxy) is 1. The van der Waals surface area contributed by atoms with E-state index in [9.17, 15) is 4.79 Å². The quantitative estimate of drug-likeness (QED) is 0.788. The molecule has 2 heterocycles. The zero-order valence-electron chi connectivity index (χ0n) is 10.8. The van der Waals surface area contributed by atoms with Crippen molar-refractivity contribution in [2.24, 2.45) is 0 Å². The van der Waals surface area contributed by atoms with E-state index >= 15 is 0 Å². The maximum atomic E-state index is 10.5. The molecule has 0 aliphatic carbocycles. The normalized spacial score (nSPS) is 18.5. The summed E-state index contributed by atoms with van der Waals surface area (Å²) < 4.78 is 5.58. The molecule has 0 radical (unpaired) electrons. The summed E-state index contributed by atoms with van der Waals surface area (Å²) >= 11 is 1.17. The molecule has 19 heavy (non-hydrogen) atoms. The fraction of sp³-hybridized carbons (Fsp3) is 0.583. The molecule has 1 aromatic rings. The Balaban J connectivity index is 1.94. The minimum absolute atomic E-state index is 0.00637. The van der Waals surface area contributed by atoms with Crippen LogP contribution in [0.1, 0.15) is 12.8 Å². The number of aromatic nitrogens is 2. The van der Waals surface area contributed by atoms with Gasteiger partial charge in [-0.3, -0.25) is 9.78 Å². The van der Waals surface area contributed by atoms with Gasteiger partial charge in [0.05, 0.1) is 24.3 Å². The molecule has 0 saturated carbocycles. The van der Waals surface area contributed by atoms with Crippen molar-refractivity contribution in [2.75, 3.05) is 30.9 Å². The Morgan fingerprint density at radius 2 is 2.47 bits per heavy atom. The molecule has 0 aromatic carbocycles. The molecule has 1 N–H and O–H groups in total. The molecule has 0 amide bonds. The topological polar surface area (TPSA) is 75.5 Å². The van der Waals surface area contributed by atoms with Crippen LogP contribution in [-0.4, -0.2) is 53.1 Å². The number of carbonyl (C=O) groups is 1. The van der Waals surface area contributed by atoms with Crippen molar-refractivity contribution >= 4 is 23.5 Å². The molecule has 7 heteroatoms. The number of thioether (sulfide) groups is 1. The van der Waals surface area contributed by atoms with Crippen LogP contribution in [0, 0.1) is 0 Å². The van der Waals surface area contributed by atoms with Crippen molar-refractivity contribution in [2.45, 2.75) is 24.0 Å². The van der Waals surface area contributed by atoms with Crippen LogP contribution in [0.15, 0.2) is 17.4 Å². The van der Waals surface area contributed by atoms with Crippen molar-refractivity contribution in [1.82, 2.24) is 9.97 Å². The molecule has 1 aliphatic rings. The number of carboxylic acids is 1. The third-order valence-electron chi connectivity index (χ3n) is 2.84. The number of anilines is 1. The summed E-state index contributed by atoms with van der Waals surface area (Å²) in [5, 5.41) is 9.27. The Bertz CT molecular complexity index is 438. The molecule has 104 valence electrons. The van der Waals surface area contributed by atoms with Gasteiger partial charge in [0.15, 0.2) is 0 Å². The van der Waals surface area contributed by atoms with Crippen molar-refractivity contribution in [3.63, 3.8) is 0 Å². The van der Waals surface area contributed by atoms with Gasteiger partial charge in [-0.1, -0.05) is 11.8 Å². The molecule has 0 spiro atoms. The third-order valence-corrected chi connectivity index (χ3v) is 3.72. The maximum absolute atomic E-state index is 10.5. The SMILES string of the molecule is CN(CC1CCCO1)c1cncc(SCC(=O)O)n1. The highest BCUT2D eigenvalue weighted by molar-refractivity contribution is 7.99. The molecule has 1 saturated heterocycles. The van der Waals surface area contributed by atoms with Crippen LogP contribution < -0.4 is 4.90 Å². The first-order valence-electron chi connectivity index (χ1n) is 6.14. The van der Waals surface area contributed by atoms with Gasteiger partial charge in [-0.2, -0.15) is 0 Å². The van der Waals surface area contributed by atoms with Crippen LogP contribution in [0.3, 0.4) is 0 Å². The Labute approximate surface area is 116 Å². The fourth-order valence-corrected chi connectivity index (χ4v) is 2.48. The lowest BCUT2D eigenvalue weighted by Gasteiger charge is -2.21. The lowest BCUT2D eigenvalue weighted by molar-refractivity contribution is -0.133. The predicted molar refractivity (Wildman–Crippen MR) is 72.6 cm³/mol. The van der Waals surface area contributed by atoms with E-state index in [0.717, 1.165) is 31.8 Å². The largest absolute Gasteiger partial charge is 0.481 e. The summed E-state index contributed by atoms with van der Waals surface area (Å²) in [6.45, 7) is 1.61. The van der Waals surface area contributed by atoms with Gasteiger partial charge < -0.3 is 14.7 Å². The van der Waals surface area contributed by atoms with E-state index in [1.165, 1.54) is 11.8 Å². The molecule has 6 nitrogen and oxygen atoms in total. The summed E-state index contributed by atoms with van der Waals surface area (Å²) in [7, 11) is 1.94. The number of rotatable bonds is 6. The molecule has 1 aromatic heterocycles.